The van der Waals surface area contributed by atoms with Crippen molar-refractivity contribution in [3.05, 3.63) is 59.9 Å². The molecule has 34 heavy (non-hydrogen) atoms. The summed E-state index contributed by atoms with van der Waals surface area (Å²) in [5, 5.41) is 20.9. The van der Waals surface area contributed by atoms with Gasteiger partial charge in [-0.2, -0.15) is 5.26 Å². The van der Waals surface area contributed by atoms with Gasteiger partial charge in [0.1, 0.15) is 17.3 Å². The van der Waals surface area contributed by atoms with Crippen LogP contribution in [0.5, 0.6) is 0 Å². The Kier molecular flexibility index (Phi) is 3.94. The Balaban J connectivity index is 1.18. The number of piperidine rings is 1. The fourth-order valence-electron chi connectivity index (χ4n) is 6.12. The molecular formula is C24H20FN7O2. The van der Waals surface area contributed by atoms with Gasteiger partial charge in [-0.25, -0.2) is 13.9 Å². The highest BCUT2D eigenvalue weighted by Gasteiger charge is 2.69. The fraction of sp³-hybridized carbons (Fsp3) is 0.375. The molecule has 3 fully saturated rings. The molecule has 0 spiro atoms. The van der Waals surface area contributed by atoms with E-state index in [1.165, 1.54) is 6.07 Å². The van der Waals surface area contributed by atoms with Gasteiger partial charge < -0.3 is 10.1 Å². The maximum atomic E-state index is 15.2. The number of benzene rings is 1. The number of hydrogen-bond acceptors (Lipinski definition) is 7. The van der Waals surface area contributed by atoms with E-state index in [1.54, 1.807) is 34.2 Å². The van der Waals surface area contributed by atoms with Crippen LogP contribution < -0.4 is 10.2 Å². The van der Waals surface area contributed by atoms with Gasteiger partial charge in [-0.15, -0.1) is 5.10 Å². The number of halogens is 1. The molecule has 5 heterocycles. The van der Waals surface area contributed by atoms with Crippen LogP contribution in [-0.4, -0.2) is 51.3 Å². The number of carbonyl (C=O) groups is 1. The number of fused-ring (bicyclic) bond motifs is 4. The monoisotopic (exact) mass is 457 g/mol. The number of nitrogens with one attached hydrogen (secondary N) is 1. The fourth-order valence-corrected chi connectivity index (χ4v) is 6.12. The van der Waals surface area contributed by atoms with Crippen molar-refractivity contribution in [2.45, 2.75) is 30.5 Å². The summed E-state index contributed by atoms with van der Waals surface area (Å²) in [6, 6.07) is 9.17. The molecule has 0 bridgehead atoms. The third-order valence-corrected chi connectivity index (χ3v) is 7.86. The standard InChI is InChI=1S/C24H20FN7O2/c25-18-7-19-14(6-20-21(34-23(33)32(19)20)11-31-4-3-29-30-31)5-15(18)13-1-2-22(28-8-13)24(12-26)16-9-27-10-17(16)24/h1-5,7-8,16-17,20-21,27H,6,9-11H2/t16?,17?,20-,21?,24?/m0/s1. The molecule has 2 saturated heterocycles. The molecule has 4 aliphatic rings. The molecule has 1 N–H and O–H groups in total. The summed E-state index contributed by atoms with van der Waals surface area (Å²) in [5.41, 5.74) is 2.75. The SMILES string of the molecule is N#CC1(c2ccc(-c3cc4c(cc3F)N3C(=O)OC(Cn5ccnn5)[C@@H]3C4)cn2)C2CNCC21. The van der Waals surface area contributed by atoms with Crippen LogP contribution in [0.2, 0.25) is 0 Å². The van der Waals surface area contributed by atoms with Gasteiger partial charge in [0.05, 0.1) is 36.2 Å². The molecule has 9 nitrogen and oxygen atoms in total. The average molecular weight is 457 g/mol. The molecular weight excluding hydrogens is 437 g/mol. The normalized spacial score (nSPS) is 30.5. The van der Waals surface area contributed by atoms with Crippen LogP contribution in [-0.2, 0) is 23.1 Å². The van der Waals surface area contributed by atoms with Gasteiger partial charge in [0.15, 0.2) is 0 Å². The van der Waals surface area contributed by atoms with Crippen molar-refractivity contribution < 1.29 is 13.9 Å². The van der Waals surface area contributed by atoms with E-state index in [-0.39, 0.29) is 6.04 Å². The number of nitriles is 1. The first-order valence-corrected chi connectivity index (χ1v) is 11.4. The van der Waals surface area contributed by atoms with E-state index in [0.717, 1.165) is 24.3 Å². The smallest absolute Gasteiger partial charge is 0.415 e. The molecule has 10 heteroatoms. The first-order valence-electron chi connectivity index (χ1n) is 11.4. The van der Waals surface area contributed by atoms with Crippen LogP contribution in [0.1, 0.15) is 11.3 Å². The lowest BCUT2D eigenvalue weighted by atomic mass is 9.95. The van der Waals surface area contributed by atoms with E-state index in [4.69, 9.17) is 4.74 Å². The Morgan fingerprint density at radius 3 is 2.85 bits per heavy atom. The number of anilines is 1. The lowest BCUT2D eigenvalue weighted by molar-refractivity contribution is 0.117. The number of amides is 1. The number of rotatable bonds is 4. The molecule has 1 amide bonds. The molecule has 1 saturated carbocycles. The minimum Gasteiger partial charge on any atom is -0.442 e. The highest BCUT2D eigenvalue weighted by molar-refractivity contribution is 5.94. The van der Waals surface area contributed by atoms with Gasteiger partial charge >= 0.3 is 6.09 Å². The lowest BCUT2D eigenvalue weighted by Crippen LogP contribution is -2.35. The predicted octanol–water partition coefficient (Wildman–Crippen LogP) is 2.04. The summed E-state index contributed by atoms with van der Waals surface area (Å²) in [6.07, 6.45) is 4.63. The third kappa shape index (κ3) is 2.56. The Morgan fingerprint density at radius 1 is 1.29 bits per heavy atom. The number of aromatic nitrogens is 4. The van der Waals surface area contributed by atoms with Crippen LogP contribution in [0.25, 0.3) is 11.1 Å². The Morgan fingerprint density at radius 2 is 2.15 bits per heavy atom. The second-order valence-electron chi connectivity index (χ2n) is 9.43. The number of carbonyl (C=O) groups excluding carboxylic acids is 1. The van der Waals surface area contributed by atoms with Crippen molar-refractivity contribution in [2.24, 2.45) is 11.8 Å². The molecule has 170 valence electrons. The van der Waals surface area contributed by atoms with E-state index in [2.05, 4.69) is 26.7 Å². The Bertz CT molecular complexity index is 1340. The molecule has 3 aromatic rings. The molecule has 0 radical (unpaired) electrons. The number of ether oxygens (including phenoxy) is 1. The summed E-state index contributed by atoms with van der Waals surface area (Å²) < 4.78 is 22.4. The quantitative estimate of drug-likeness (QED) is 0.639. The van der Waals surface area contributed by atoms with Crippen molar-refractivity contribution in [2.75, 3.05) is 18.0 Å². The maximum absolute atomic E-state index is 15.2. The van der Waals surface area contributed by atoms with Crippen molar-refractivity contribution in [1.29, 1.82) is 5.26 Å². The first kappa shape index (κ1) is 19.6. The number of nitrogens with zero attached hydrogens (tertiary/aromatic N) is 6. The van der Waals surface area contributed by atoms with Gasteiger partial charge in [0.2, 0.25) is 0 Å². The third-order valence-electron chi connectivity index (χ3n) is 7.86. The zero-order valence-electron chi connectivity index (χ0n) is 18.1. The van der Waals surface area contributed by atoms with E-state index in [9.17, 15) is 10.1 Å². The number of cyclic esters (lactones) is 1. The van der Waals surface area contributed by atoms with Crippen LogP contribution in [0.3, 0.4) is 0 Å². The summed E-state index contributed by atoms with van der Waals surface area (Å²) >= 11 is 0. The summed E-state index contributed by atoms with van der Waals surface area (Å²) in [6.45, 7) is 2.05. The second kappa shape index (κ2) is 6.84. The van der Waals surface area contributed by atoms with Gasteiger partial charge in [0.25, 0.3) is 0 Å². The summed E-state index contributed by atoms with van der Waals surface area (Å²) in [4.78, 5) is 18.7. The highest BCUT2D eigenvalue weighted by atomic mass is 19.1. The minimum absolute atomic E-state index is 0.222. The van der Waals surface area contributed by atoms with Gasteiger partial charge in [0, 0.05) is 48.4 Å². The highest BCUT2D eigenvalue weighted by Crippen LogP contribution is 2.60. The van der Waals surface area contributed by atoms with Crippen molar-refractivity contribution in [3.63, 3.8) is 0 Å². The predicted molar refractivity (Wildman–Crippen MR) is 117 cm³/mol. The van der Waals surface area contributed by atoms with Crippen LogP contribution in [0.15, 0.2) is 42.9 Å². The largest absolute Gasteiger partial charge is 0.442 e. The molecule has 7 rings (SSSR count). The van der Waals surface area contributed by atoms with E-state index < -0.39 is 23.4 Å². The van der Waals surface area contributed by atoms with Gasteiger partial charge in [-0.05, 0) is 30.2 Å². The van der Waals surface area contributed by atoms with Crippen molar-refractivity contribution in [1.82, 2.24) is 25.3 Å². The first-order chi connectivity index (χ1) is 16.6. The summed E-state index contributed by atoms with van der Waals surface area (Å²) in [7, 11) is 0. The number of hydrogen-bond donors (Lipinski definition) is 1. The molecule has 1 aromatic carbocycles. The maximum Gasteiger partial charge on any atom is 0.415 e. The molecule has 4 atom stereocenters. The topological polar surface area (TPSA) is 109 Å². The molecule has 2 aromatic heterocycles. The van der Waals surface area contributed by atoms with Crippen LogP contribution >= 0.6 is 0 Å². The second-order valence-corrected chi connectivity index (χ2v) is 9.43. The van der Waals surface area contributed by atoms with Crippen LogP contribution in [0.4, 0.5) is 14.9 Å². The van der Waals surface area contributed by atoms with Gasteiger partial charge in [-0.3, -0.25) is 9.88 Å². The molecule has 3 aliphatic heterocycles. The van der Waals surface area contributed by atoms with Crippen molar-refractivity contribution >= 4 is 11.8 Å². The summed E-state index contributed by atoms with van der Waals surface area (Å²) in [5.74, 6) is 0.168. The van der Waals surface area contributed by atoms with E-state index in [1.807, 2.05) is 12.1 Å². The average Bonchev–Trinajstić information content (AvgIpc) is 3.45. The Labute approximate surface area is 194 Å². The van der Waals surface area contributed by atoms with Gasteiger partial charge in [-0.1, -0.05) is 11.3 Å². The minimum atomic E-state index is -0.523. The lowest BCUT2D eigenvalue weighted by Gasteiger charge is -2.16. The van der Waals surface area contributed by atoms with E-state index >= 15 is 4.39 Å². The van der Waals surface area contributed by atoms with Crippen molar-refractivity contribution in [3.8, 4) is 17.2 Å². The zero-order valence-corrected chi connectivity index (χ0v) is 18.1. The zero-order chi connectivity index (χ0) is 23.0. The Hall–Kier alpha value is -3.84. The molecule has 1 aliphatic carbocycles. The number of pyridine rings is 1. The van der Waals surface area contributed by atoms with E-state index in [0.29, 0.717) is 41.6 Å². The van der Waals surface area contributed by atoms with Crippen LogP contribution in [0, 0.1) is 29.0 Å². The molecule has 3 unspecified atom stereocenters.